The van der Waals surface area contributed by atoms with E-state index in [9.17, 15) is 18.8 Å². The number of halogens is 1. The van der Waals surface area contributed by atoms with Gasteiger partial charge in [-0.1, -0.05) is 31.7 Å². The molecule has 3 amide bonds. The first-order chi connectivity index (χ1) is 17.0. The van der Waals surface area contributed by atoms with E-state index in [1.807, 2.05) is 12.1 Å². The largest absolute Gasteiger partial charge is 0.385 e. The van der Waals surface area contributed by atoms with E-state index in [1.165, 1.54) is 37.8 Å². The van der Waals surface area contributed by atoms with E-state index in [-0.39, 0.29) is 30.0 Å². The summed E-state index contributed by atoms with van der Waals surface area (Å²) in [5, 5.41) is 5.67. The molecule has 0 spiro atoms. The summed E-state index contributed by atoms with van der Waals surface area (Å²) < 4.78 is 12.9. The molecule has 2 N–H and O–H groups in total. The smallest absolute Gasteiger partial charge is 0.255 e. The highest BCUT2D eigenvalue weighted by Gasteiger charge is 2.39. The van der Waals surface area contributed by atoms with Crippen LogP contribution in [0.2, 0.25) is 0 Å². The number of rotatable bonds is 12. The van der Waals surface area contributed by atoms with Crippen LogP contribution in [0.25, 0.3) is 0 Å². The molecule has 6 nitrogen and oxygen atoms in total. The fraction of sp³-hybridized carbons (Fsp3) is 0.444. The molecule has 35 heavy (non-hydrogen) atoms. The van der Waals surface area contributed by atoms with Crippen LogP contribution in [0.3, 0.4) is 0 Å². The molecule has 2 aliphatic heterocycles. The lowest BCUT2D eigenvalue weighted by Crippen LogP contribution is -2.52. The molecule has 2 heterocycles. The van der Waals surface area contributed by atoms with Crippen molar-refractivity contribution >= 4 is 35.2 Å². The van der Waals surface area contributed by atoms with Crippen molar-refractivity contribution in [1.82, 2.24) is 10.2 Å². The van der Waals surface area contributed by atoms with Crippen LogP contribution in [-0.4, -0.2) is 41.0 Å². The van der Waals surface area contributed by atoms with Gasteiger partial charge in [-0.3, -0.25) is 19.7 Å². The summed E-state index contributed by atoms with van der Waals surface area (Å²) in [6.45, 7) is 1.32. The molecule has 2 aromatic carbocycles. The quantitative estimate of drug-likeness (QED) is 0.241. The molecule has 1 fully saturated rings. The van der Waals surface area contributed by atoms with Gasteiger partial charge in [0.15, 0.2) is 0 Å². The second-order valence-corrected chi connectivity index (χ2v) is 10.2. The zero-order valence-corrected chi connectivity index (χ0v) is 20.7. The van der Waals surface area contributed by atoms with Crippen molar-refractivity contribution in [2.75, 3.05) is 17.6 Å². The standard InChI is InChI=1S/C27H32FN3O3S/c28-19-10-12-20(13-11-19)29-16-5-3-1-2-4-6-17-35-24-9-7-8-21-22(24)18-31(27(21)34)23-14-15-25(32)30-26(23)33/h7-13,23,29H,1-6,14-18H2,(H,30,32,33). The number of piperidine rings is 1. The van der Waals surface area contributed by atoms with Gasteiger partial charge in [0.25, 0.3) is 5.91 Å². The molecular weight excluding hydrogens is 465 g/mol. The zero-order chi connectivity index (χ0) is 24.6. The lowest BCUT2D eigenvalue weighted by molar-refractivity contribution is -0.136. The number of carbonyl (C=O) groups is 3. The van der Waals surface area contributed by atoms with Gasteiger partial charge in [-0.25, -0.2) is 4.39 Å². The Morgan fingerprint density at radius 1 is 0.971 bits per heavy atom. The van der Waals surface area contributed by atoms with Gasteiger partial charge in [-0.15, -0.1) is 11.8 Å². The molecule has 1 unspecified atom stereocenters. The number of hydrogen-bond donors (Lipinski definition) is 2. The fourth-order valence-corrected chi connectivity index (χ4v) is 5.70. The Kier molecular flexibility index (Phi) is 8.79. The average Bonchev–Trinajstić information content (AvgIpc) is 3.18. The van der Waals surface area contributed by atoms with Crippen LogP contribution in [0.4, 0.5) is 10.1 Å². The highest BCUT2D eigenvalue weighted by Crippen LogP contribution is 2.34. The van der Waals surface area contributed by atoms with Crippen molar-refractivity contribution in [1.29, 1.82) is 0 Å². The minimum Gasteiger partial charge on any atom is -0.385 e. The van der Waals surface area contributed by atoms with Crippen LogP contribution in [0.1, 0.15) is 67.3 Å². The predicted molar refractivity (Wildman–Crippen MR) is 136 cm³/mol. The summed E-state index contributed by atoms with van der Waals surface area (Å²) in [4.78, 5) is 39.4. The SMILES string of the molecule is O=C1CCC(N2Cc3c(SCCCCCCCCNc4ccc(F)cc4)cccc3C2=O)C(=O)N1. The summed E-state index contributed by atoms with van der Waals surface area (Å²) in [6.07, 6.45) is 7.61. The third-order valence-corrected chi connectivity index (χ3v) is 7.73. The third kappa shape index (κ3) is 6.63. The number of hydrogen-bond acceptors (Lipinski definition) is 5. The molecule has 0 aromatic heterocycles. The second-order valence-electron chi connectivity index (χ2n) is 9.09. The lowest BCUT2D eigenvalue weighted by atomic mass is 10.0. The number of unbranched alkanes of at least 4 members (excludes halogenated alkanes) is 5. The van der Waals surface area contributed by atoms with Crippen LogP contribution in [0.5, 0.6) is 0 Å². The number of fused-ring (bicyclic) bond motifs is 1. The number of thioether (sulfide) groups is 1. The summed E-state index contributed by atoms with van der Waals surface area (Å²) in [5.41, 5.74) is 2.63. The van der Waals surface area contributed by atoms with Crippen molar-refractivity contribution in [3.05, 3.63) is 59.4 Å². The number of imide groups is 1. The van der Waals surface area contributed by atoms with Crippen molar-refractivity contribution in [2.24, 2.45) is 0 Å². The minimum atomic E-state index is -0.573. The van der Waals surface area contributed by atoms with Gasteiger partial charge in [-0.2, -0.15) is 0 Å². The van der Waals surface area contributed by atoms with Crippen LogP contribution < -0.4 is 10.6 Å². The van der Waals surface area contributed by atoms with Crippen LogP contribution in [-0.2, 0) is 16.1 Å². The molecule has 2 aromatic rings. The first-order valence-corrected chi connectivity index (χ1v) is 13.4. The first kappa shape index (κ1) is 25.2. The maximum Gasteiger partial charge on any atom is 0.255 e. The van der Waals surface area contributed by atoms with E-state index in [2.05, 4.69) is 16.7 Å². The lowest BCUT2D eigenvalue weighted by Gasteiger charge is -2.29. The van der Waals surface area contributed by atoms with Gasteiger partial charge >= 0.3 is 0 Å². The molecule has 186 valence electrons. The summed E-state index contributed by atoms with van der Waals surface area (Å²) in [6, 6.07) is 11.7. The number of nitrogens with one attached hydrogen (secondary N) is 2. The Labute approximate surface area is 210 Å². The molecule has 8 heteroatoms. The first-order valence-electron chi connectivity index (χ1n) is 12.4. The molecule has 0 bridgehead atoms. The topological polar surface area (TPSA) is 78.5 Å². The van der Waals surface area contributed by atoms with Crippen LogP contribution in [0.15, 0.2) is 47.4 Å². The molecule has 0 aliphatic carbocycles. The summed E-state index contributed by atoms with van der Waals surface area (Å²) in [5.74, 6) is 0.0184. The fourth-order valence-electron chi connectivity index (χ4n) is 4.61. The normalized spacial score (nSPS) is 17.5. The van der Waals surface area contributed by atoms with Gasteiger partial charge in [-0.05, 0) is 67.0 Å². The Balaban J connectivity index is 1.13. The Morgan fingerprint density at radius 3 is 2.49 bits per heavy atom. The van der Waals surface area contributed by atoms with Crippen molar-refractivity contribution < 1.29 is 18.8 Å². The van der Waals surface area contributed by atoms with Gasteiger partial charge in [0.05, 0.1) is 0 Å². The molecule has 0 saturated carbocycles. The highest BCUT2D eigenvalue weighted by molar-refractivity contribution is 7.99. The summed E-state index contributed by atoms with van der Waals surface area (Å²) in [7, 11) is 0. The number of carbonyl (C=O) groups excluding carboxylic acids is 3. The monoisotopic (exact) mass is 497 g/mol. The molecule has 4 rings (SSSR count). The van der Waals surface area contributed by atoms with Crippen LogP contribution >= 0.6 is 11.8 Å². The number of benzene rings is 2. The Morgan fingerprint density at radius 2 is 1.71 bits per heavy atom. The number of amides is 3. The molecule has 1 atom stereocenters. The van der Waals surface area contributed by atoms with Gasteiger partial charge in [0.1, 0.15) is 11.9 Å². The number of nitrogens with zero attached hydrogens (tertiary/aromatic N) is 1. The van der Waals surface area contributed by atoms with E-state index in [0.29, 0.717) is 18.5 Å². The van der Waals surface area contributed by atoms with E-state index in [4.69, 9.17) is 0 Å². The van der Waals surface area contributed by atoms with Crippen molar-refractivity contribution in [3.63, 3.8) is 0 Å². The average molecular weight is 498 g/mol. The van der Waals surface area contributed by atoms with Gasteiger partial charge < -0.3 is 10.2 Å². The van der Waals surface area contributed by atoms with E-state index in [1.54, 1.807) is 28.8 Å². The minimum absolute atomic E-state index is 0.120. The van der Waals surface area contributed by atoms with Gasteiger partial charge in [0, 0.05) is 35.7 Å². The van der Waals surface area contributed by atoms with Crippen molar-refractivity contribution in [2.45, 2.75) is 68.8 Å². The third-order valence-electron chi connectivity index (χ3n) is 6.54. The van der Waals surface area contributed by atoms with Crippen LogP contribution in [0, 0.1) is 5.82 Å². The van der Waals surface area contributed by atoms with E-state index < -0.39 is 6.04 Å². The Bertz CT molecular complexity index is 1060. The molecule has 0 radical (unpaired) electrons. The van der Waals surface area contributed by atoms with E-state index >= 15 is 0 Å². The molecular formula is C27H32FN3O3S. The molecule has 1 saturated heterocycles. The maximum absolute atomic E-state index is 12.9. The zero-order valence-electron chi connectivity index (χ0n) is 19.9. The highest BCUT2D eigenvalue weighted by atomic mass is 32.2. The predicted octanol–water partition coefficient (Wildman–Crippen LogP) is 5.13. The maximum atomic E-state index is 12.9. The molecule has 2 aliphatic rings. The van der Waals surface area contributed by atoms with Gasteiger partial charge in [0.2, 0.25) is 11.8 Å². The number of anilines is 1. The van der Waals surface area contributed by atoms with E-state index in [0.717, 1.165) is 41.3 Å². The summed E-state index contributed by atoms with van der Waals surface area (Å²) >= 11 is 1.78. The second kappa shape index (κ2) is 12.2. The Hall–Kier alpha value is -2.87. The van der Waals surface area contributed by atoms with Crippen molar-refractivity contribution in [3.8, 4) is 0 Å².